The molecule has 1 saturated heterocycles. The molecule has 3 heterocycles. The summed E-state index contributed by atoms with van der Waals surface area (Å²) in [6, 6.07) is 12.6. The Bertz CT molecular complexity index is 2040. The number of hydrogen-bond donors (Lipinski definition) is 1. The number of ether oxygens (including phenoxy) is 4. The number of aromatic nitrogens is 2. The average molecular weight is 665 g/mol. The van der Waals surface area contributed by atoms with Crippen LogP contribution < -0.4 is 14.2 Å². The molecule has 2 aliphatic rings. The normalized spacial score (nSPS) is 15.3. The van der Waals surface area contributed by atoms with Gasteiger partial charge in [-0.25, -0.2) is 22.9 Å². The lowest BCUT2D eigenvalue weighted by Gasteiger charge is -2.27. The van der Waals surface area contributed by atoms with E-state index >= 15 is 4.39 Å². The number of hydrogen-bond acceptors (Lipinski definition) is 6. The molecule has 5 aromatic rings. The van der Waals surface area contributed by atoms with Gasteiger partial charge in [0.15, 0.2) is 11.6 Å². The summed E-state index contributed by atoms with van der Waals surface area (Å²) >= 11 is 5.83. The molecule has 242 valence electrons. The molecule has 47 heavy (non-hydrogen) atoms. The number of nitrogens with zero attached hydrogens (tertiary/aromatic N) is 2. The van der Waals surface area contributed by atoms with Gasteiger partial charge in [-0.2, -0.15) is 0 Å². The molecule has 0 saturated carbocycles. The van der Waals surface area contributed by atoms with E-state index in [1.54, 1.807) is 0 Å². The van der Waals surface area contributed by atoms with Crippen molar-refractivity contribution in [3.63, 3.8) is 0 Å². The van der Waals surface area contributed by atoms with Crippen molar-refractivity contribution >= 4 is 28.6 Å². The van der Waals surface area contributed by atoms with Crippen LogP contribution in [0.25, 0.3) is 22.2 Å². The Hall–Kier alpha value is -4.74. The van der Waals surface area contributed by atoms with Crippen LogP contribution in [-0.4, -0.2) is 47.1 Å². The molecule has 12 heteroatoms. The molecule has 0 bridgehead atoms. The van der Waals surface area contributed by atoms with E-state index in [4.69, 9.17) is 35.5 Å². The molecular formula is C35H28ClF3N2O6. The van der Waals surface area contributed by atoms with E-state index in [1.807, 2.05) is 4.57 Å². The van der Waals surface area contributed by atoms with Crippen LogP contribution in [0.15, 0.2) is 54.6 Å². The maximum absolute atomic E-state index is 16.2. The maximum atomic E-state index is 16.2. The molecule has 1 aromatic heterocycles. The SMILES string of the molecule is COc1cc(C(=O)O)cc2c1nc(Cc1c(F)cc(-c3ccc(F)c(OCc4ccc(Cl)cc4F)c3)c3c1CCO3)n2C[C@@H]1CCO1. The average Bonchev–Trinajstić information content (AvgIpc) is 3.65. The second kappa shape index (κ2) is 12.5. The maximum Gasteiger partial charge on any atom is 0.335 e. The zero-order valence-corrected chi connectivity index (χ0v) is 25.9. The number of imidazole rings is 1. The number of carboxylic acid groups (broad SMARTS) is 1. The largest absolute Gasteiger partial charge is 0.494 e. The standard InChI is InChI=1S/C35H28ClF3N2O6/c1-44-31-12-20(35(42)43)10-29-33(31)40-32(41(29)16-22-6-8-45-22)15-25-23-7-9-46-34(23)24(14-28(25)39)18-3-5-26(37)30(11-18)47-17-19-2-4-21(36)13-27(19)38/h2-5,10-14,22H,6-9,15-17H2,1H3,(H,42,43)/t22-/m0/s1. The van der Waals surface area contributed by atoms with Crippen LogP contribution in [0.4, 0.5) is 13.2 Å². The predicted octanol–water partition coefficient (Wildman–Crippen LogP) is 7.37. The molecule has 0 aliphatic carbocycles. The first kappa shape index (κ1) is 30.9. The molecule has 0 amide bonds. The number of carboxylic acids is 1. The Kier molecular flexibility index (Phi) is 8.19. The van der Waals surface area contributed by atoms with Gasteiger partial charge in [0.2, 0.25) is 0 Å². The van der Waals surface area contributed by atoms with Gasteiger partial charge in [-0.05, 0) is 54.4 Å². The first-order chi connectivity index (χ1) is 22.7. The molecule has 0 unspecified atom stereocenters. The predicted molar refractivity (Wildman–Crippen MR) is 167 cm³/mol. The van der Waals surface area contributed by atoms with Crippen molar-refractivity contribution in [3.05, 3.63) is 105 Å². The Morgan fingerprint density at radius 3 is 2.60 bits per heavy atom. The van der Waals surface area contributed by atoms with E-state index in [2.05, 4.69) is 0 Å². The molecule has 0 spiro atoms. The monoisotopic (exact) mass is 664 g/mol. The number of benzene rings is 4. The molecule has 1 N–H and O–H groups in total. The van der Waals surface area contributed by atoms with Gasteiger partial charge in [0.25, 0.3) is 0 Å². The van der Waals surface area contributed by atoms with Crippen molar-refractivity contribution in [2.24, 2.45) is 0 Å². The fourth-order valence-corrected chi connectivity index (χ4v) is 6.20. The summed E-state index contributed by atoms with van der Waals surface area (Å²) in [5, 5.41) is 9.94. The van der Waals surface area contributed by atoms with Gasteiger partial charge in [0.05, 0.1) is 37.4 Å². The van der Waals surface area contributed by atoms with E-state index in [1.165, 1.54) is 55.6 Å². The van der Waals surface area contributed by atoms with Crippen molar-refractivity contribution in [2.45, 2.75) is 38.5 Å². The van der Waals surface area contributed by atoms with Gasteiger partial charge in [0.1, 0.15) is 41.1 Å². The number of methoxy groups -OCH3 is 1. The second-order valence-corrected chi connectivity index (χ2v) is 11.8. The van der Waals surface area contributed by atoms with Crippen LogP contribution in [0.3, 0.4) is 0 Å². The first-order valence-corrected chi connectivity index (χ1v) is 15.3. The lowest BCUT2D eigenvalue weighted by molar-refractivity contribution is -0.0589. The van der Waals surface area contributed by atoms with Gasteiger partial charge in [-0.15, -0.1) is 0 Å². The summed E-state index contributed by atoms with van der Waals surface area (Å²) in [6.07, 6.45) is 1.28. The number of aromatic carboxylic acids is 1. The van der Waals surface area contributed by atoms with Crippen LogP contribution in [0.1, 0.15) is 39.3 Å². The van der Waals surface area contributed by atoms with Crippen molar-refractivity contribution in [3.8, 4) is 28.4 Å². The first-order valence-electron chi connectivity index (χ1n) is 15.0. The van der Waals surface area contributed by atoms with Gasteiger partial charge in [0, 0.05) is 46.7 Å². The molecule has 1 atom stereocenters. The molecule has 2 aliphatic heterocycles. The topological polar surface area (TPSA) is 92.0 Å². The van der Waals surface area contributed by atoms with E-state index in [0.29, 0.717) is 76.8 Å². The van der Waals surface area contributed by atoms with Gasteiger partial charge < -0.3 is 28.6 Å². The quantitative estimate of drug-likeness (QED) is 0.167. The summed E-state index contributed by atoms with van der Waals surface area (Å²) in [5.74, 6) is -1.69. The Balaban J connectivity index is 1.25. The van der Waals surface area contributed by atoms with E-state index in [-0.39, 0.29) is 41.0 Å². The van der Waals surface area contributed by atoms with Gasteiger partial charge in [-0.1, -0.05) is 23.7 Å². The van der Waals surface area contributed by atoms with E-state index in [9.17, 15) is 18.7 Å². The molecular weight excluding hydrogens is 637 g/mol. The van der Waals surface area contributed by atoms with Gasteiger partial charge >= 0.3 is 5.97 Å². The summed E-state index contributed by atoms with van der Waals surface area (Å²) in [4.78, 5) is 16.7. The number of halogens is 4. The zero-order valence-electron chi connectivity index (χ0n) is 25.1. The number of fused-ring (bicyclic) bond motifs is 2. The highest BCUT2D eigenvalue weighted by Gasteiger charge is 2.29. The summed E-state index contributed by atoms with van der Waals surface area (Å²) in [7, 11) is 1.44. The minimum Gasteiger partial charge on any atom is -0.494 e. The van der Waals surface area contributed by atoms with Crippen molar-refractivity contribution in [1.82, 2.24) is 9.55 Å². The van der Waals surface area contributed by atoms with Crippen LogP contribution in [0.5, 0.6) is 17.2 Å². The van der Waals surface area contributed by atoms with Crippen LogP contribution >= 0.6 is 11.6 Å². The van der Waals surface area contributed by atoms with Crippen molar-refractivity contribution in [1.29, 1.82) is 0 Å². The molecule has 8 nitrogen and oxygen atoms in total. The fourth-order valence-electron chi connectivity index (χ4n) is 6.04. The van der Waals surface area contributed by atoms with Crippen LogP contribution in [0, 0.1) is 17.5 Å². The molecule has 1 fully saturated rings. The highest BCUT2D eigenvalue weighted by molar-refractivity contribution is 6.30. The minimum absolute atomic E-state index is 0.0438. The van der Waals surface area contributed by atoms with Crippen LogP contribution in [-0.2, 0) is 30.7 Å². The second-order valence-electron chi connectivity index (χ2n) is 11.4. The smallest absolute Gasteiger partial charge is 0.335 e. The van der Waals surface area contributed by atoms with Gasteiger partial charge in [-0.3, -0.25) is 0 Å². The lowest BCUT2D eigenvalue weighted by Crippen LogP contribution is -2.31. The Morgan fingerprint density at radius 2 is 1.87 bits per heavy atom. The van der Waals surface area contributed by atoms with Crippen LogP contribution in [0.2, 0.25) is 5.02 Å². The highest BCUT2D eigenvalue weighted by Crippen LogP contribution is 2.42. The fraction of sp³-hybridized carbons (Fsp3) is 0.257. The highest BCUT2D eigenvalue weighted by atomic mass is 35.5. The zero-order chi connectivity index (χ0) is 32.8. The number of rotatable bonds is 10. The van der Waals surface area contributed by atoms with E-state index < -0.39 is 23.4 Å². The third kappa shape index (κ3) is 5.85. The number of carbonyl (C=O) groups is 1. The Morgan fingerprint density at radius 1 is 1.04 bits per heavy atom. The third-order valence-electron chi connectivity index (χ3n) is 8.56. The Labute approximate surface area is 272 Å². The van der Waals surface area contributed by atoms with E-state index in [0.717, 1.165) is 12.5 Å². The summed E-state index contributed by atoms with van der Waals surface area (Å²) < 4.78 is 69.9. The van der Waals surface area contributed by atoms with Crippen molar-refractivity contribution in [2.75, 3.05) is 20.3 Å². The summed E-state index contributed by atoms with van der Waals surface area (Å²) in [5.41, 5.74) is 3.19. The minimum atomic E-state index is -1.11. The molecule has 4 aromatic carbocycles. The molecule has 7 rings (SSSR count). The van der Waals surface area contributed by atoms with Crippen molar-refractivity contribution < 1.29 is 42.0 Å². The summed E-state index contributed by atoms with van der Waals surface area (Å²) in [6.45, 7) is 1.12. The lowest BCUT2D eigenvalue weighted by atomic mass is 9.94. The molecule has 0 radical (unpaired) electrons. The third-order valence-corrected chi connectivity index (χ3v) is 8.80.